The van der Waals surface area contributed by atoms with Gasteiger partial charge in [0, 0.05) is 39.6 Å². The monoisotopic (exact) mass is 328 g/mol. The van der Waals surface area contributed by atoms with Crippen LogP contribution in [0.25, 0.3) is 0 Å². The predicted molar refractivity (Wildman–Crippen MR) is 95.5 cm³/mol. The van der Waals surface area contributed by atoms with Crippen molar-refractivity contribution in [1.29, 1.82) is 0 Å². The molecule has 0 aliphatic carbocycles. The Morgan fingerprint density at radius 3 is 2.58 bits per heavy atom. The minimum absolute atomic E-state index is 0.0939. The summed E-state index contributed by atoms with van der Waals surface area (Å²) in [4.78, 5) is 25.5. The third-order valence-corrected chi connectivity index (χ3v) is 4.08. The Bertz CT molecular complexity index is 676. The van der Waals surface area contributed by atoms with Gasteiger partial charge in [0.25, 0.3) is 0 Å². The van der Waals surface area contributed by atoms with Crippen molar-refractivity contribution in [2.75, 3.05) is 42.3 Å². The second-order valence-electron chi connectivity index (χ2n) is 6.25. The molecule has 0 radical (unpaired) electrons. The highest BCUT2D eigenvalue weighted by Crippen LogP contribution is 2.25. The van der Waals surface area contributed by atoms with E-state index in [0.29, 0.717) is 5.69 Å². The fraction of sp³-hybridized carbons (Fsp3) is 0.471. The van der Waals surface area contributed by atoms with Crippen molar-refractivity contribution >= 4 is 23.4 Å². The van der Waals surface area contributed by atoms with Gasteiger partial charge >= 0.3 is 0 Å². The summed E-state index contributed by atoms with van der Waals surface area (Å²) in [6.45, 7) is 2.26. The number of rotatable bonds is 5. The number of nitrogens with zero attached hydrogens (tertiary/aromatic N) is 5. The summed E-state index contributed by atoms with van der Waals surface area (Å²) >= 11 is 0. The topological polar surface area (TPSA) is 66.3 Å². The van der Waals surface area contributed by atoms with E-state index < -0.39 is 0 Å². The van der Waals surface area contributed by atoms with E-state index in [4.69, 9.17) is 0 Å². The Kier molecular flexibility index (Phi) is 4.98. The number of piperidine rings is 1. The van der Waals surface area contributed by atoms with Crippen molar-refractivity contribution in [3.8, 4) is 0 Å². The lowest BCUT2D eigenvalue weighted by Gasteiger charge is -2.28. The summed E-state index contributed by atoms with van der Waals surface area (Å²) in [5.74, 6) is 1.37. The summed E-state index contributed by atoms with van der Waals surface area (Å²) in [7, 11) is 3.84. The second-order valence-corrected chi connectivity index (χ2v) is 6.25. The van der Waals surface area contributed by atoms with E-state index in [-0.39, 0.29) is 12.5 Å². The Morgan fingerprint density at radius 1 is 1.21 bits per heavy atom. The first-order valence-corrected chi connectivity index (χ1v) is 8.33. The van der Waals surface area contributed by atoms with E-state index >= 15 is 0 Å². The minimum atomic E-state index is -0.0939. The Balaban J connectivity index is 1.75. The van der Waals surface area contributed by atoms with Crippen molar-refractivity contribution in [1.82, 2.24) is 14.5 Å². The average molecular weight is 328 g/mol. The molecule has 0 bridgehead atoms. The van der Waals surface area contributed by atoms with E-state index in [1.807, 2.05) is 48.1 Å². The van der Waals surface area contributed by atoms with Crippen molar-refractivity contribution in [3.63, 3.8) is 0 Å². The normalized spacial score (nSPS) is 14.5. The lowest BCUT2D eigenvalue weighted by Crippen LogP contribution is -2.31. The smallest absolute Gasteiger partial charge is 0.244 e. The molecule has 0 atom stereocenters. The Labute approximate surface area is 142 Å². The second kappa shape index (κ2) is 7.33. The molecule has 3 rings (SSSR count). The molecular weight excluding hydrogens is 304 g/mol. The molecule has 7 heteroatoms. The summed E-state index contributed by atoms with van der Waals surface area (Å²) in [6.07, 6.45) is 9.06. The average Bonchev–Trinajstić information content (AvgIpc) is 3.08. The van der Waals surface area contributed by atoms with Gasteiger partial charge in [-0.3, -0.25) is 4.79 Å². The molecule has 3 heterocycles. The zero-order valence-electron chi connectivity index (χ0n) is 14.3. The molecule has 0 aromatic carbocycles. The third-order valence-electron chi connectivity index (χ3n) is 4.08. The fourth-order valence-corrected chi connectivity index (χ4v) is 2.87. The van der Waals surface area contributed by atoms with Crippen LogP contribution in [0.3, 0.4) is 0 Å². The van der Waals surface area contributed by atoms with E-state index in [1.54, 1.807) is 6.20 Å². The van der Waals surface area contributed by atoms with Gasteiger partial charge in [-0.15, -0.1) is 0 Å². The molecule has 1 N–H and O–H groups in total. The lowest BCUT2D eigenvalue weighted by atomic mass is 10.1. The molecule has 2 aromatic heterocycles. The summed E-state index contributed by atoms with van der Waals surface area (Å²) < 4.78 is 1.83. The van der Waals surface area contributed by atoms with Crippen molar-refractivity contribution < 1.29 is 4.79 Å². The molecule has 128 valence electrons. The number of hydrogen-bond acceptors (Lipinski definition) is 5. The summed E-state index contributed by atoms with van der Waals surface area (Å²) in [6, 6.07) is 3.80. The molecule has 7 nitrogen and oxygen atoms in total. The van der Waals surface area contributed by atoms with Crippen molar-refractivity contribution in [3.05, 3.63) is 30.7 Å². The van der Waals surface area contributed by atoms with Gasteiger partial charge < -0.3 is 19.7 Å². The van der Waals surface area contributed by atoms with Crippen LogP contribution in [0.15, 0.2) is 30.7 Å². The predicted octanol–water partition coefficient (Wildman–Crippen LogP) is 1.97. The molecule has 0 saturated carbocycles. The van der Waals surface area contributed by atoms with Crippen molar-refractivity contribution in [2.45, 2.75) is 25.8 Å². The van der Waals surface area contributed by atoms with Gasteiger partial charge in [0.1, 0.15) is 12.2 Å². The third kappa shape index (κ3) is 3.84. The van der Waals surface area contributed by atoms with Crippen LogP contribution in [-0.2, 0) is 11.3 Å². The Morgan fingerprint density at radius 2 is 1.92 bits per heavy atom. The minimum Gasteiger partial charge on any atom is -0.361 e. The van der Waals surface area contributed by atoms with Crippen LogP contribution < -0.4 is 15.1 Å². The van der Waals surface area contributed by atoms with E-state index in [9.17, 15) is 4.79 Å². The highest BCUT2D eigenvalue weighted by Gasteiger charge is 2.17. The zero-order chi connectivity index (χ0) is 16.9. The molecule has 1 aliphatic heterocycles. The quantitative estimate of drug-likeness (QED) is 0.909. The van der Waals surface area contributed by atoms with Crippen LogP contribution in [0.2, 0.25) is 0 Å². The standard InChI is InChI=1S/C17H24N6O/c1-21(2)16-14(19-15(24)13-22-8-6-7-9-22)12-18-17(20-16)23-10-4-3-5-11-23/h6-9,12H,3-5,10-11,13H2,1-2H3,(H,19,24). The molecule has 1 aliphatic rings. The molecule has 1 saturated heterocycles. The maximum Gasteiger partial charge on any atom is 0.244 e. The van der Waals surface area contributed by atoms with Crippen LogP contribution >= 0.6 is 0 Å². The van der Waals surface area contributed by atoms with Gasteiger partial charge in [0.05, 0.1) is 6.20 Å². The maximum atomic E-state index is 12.2. The van der Waals surface area contributed by atoms with Gasteiger partial charge in [0.15, 0.2) is 5.82 Å². The van der Waals surface area contributed by atoms with Crippen LogP contribution in [-0.4, -0.2) is 47.6 Å². The largest absolute Gasteiger partial charge is 0.361 e. The highest BCUT2D eigenvalue weighted by molar-refractivity contribution is 5.93. The van der Waals surface area contributed by atoms with Gasteiger partial charge in [-0.1, -0.05) is 0 Å². The highest BCUT2D eigenvalue weighted by atomic mass is 16.1. The van der Waals surface area contributed by atoms with Gasteiger partial charge in [-0.25, -0.2) is 4.98 Å². The number of carbonyl (C=O) groups excluding carboxylic acids is 1. The molecule has 1 amide bonds. The molecular formula is C17H24N6O. The SMILES string of the molecule is CN(C)c1nc(N2CCCCC2)ncc1NC(=O)Cn1cccc1. The number of hydrogen-bond donors (Lipinski definition) is 1. The first-order chi connectivity index (χ1) is 11.6. The molecule has 2 aromatic rings. The van der Waals surface area contributed by atoms with Crippen LogP contribution in [0, 0.1) is 0 Å². The molecule has 0 unspecified atom stereocenters. The summed E-state index contributed by atoms with van der Waals surface area (Å²) in [5, 5.41) is 2.92. The number of anilines is 3. The van der Waals surface area contributed by atoms with E-state index in [1.165, 1.54) is 19.3 Å². The van der Waals surface area contributed by atoms with E-state index in [0.717, 1.165) is 24.9 Å². The first kappa shape index (κ1) is 16.3. The molecule has 1 fully saturated rings. The lowest BCUT2D eigenvalue weighted by molar-refractivity contribution is -0.116. The number of carbonyl (C=O) groups is 1. The van der Waals surface area contributed by atoms with Crippen LogP contribution in [0.1, 0.15) is 19.3 Å². The number of nitrogens with one attached hydrogen (secondary N) is 1. The maximum absolute atomic E-state index is 12.2. The summed E-state index contributed by atoms with van der Waals surface area (Å²) in [5.41, 5.74) is 0.637. The van der Waals surface area contributed by atoms with Crippen molar-refractivity contribution in [2.24, 2.45) is 0 Å². The zero-order valence-corrected chi connectivity index (χ0v) is 14.3. The van der Waals surface area contributed by atoms with Gasteiger partial charge in [-0.05, 0) is 31.4 Å². The van der Waals surface area contributed by atoms with Crippen LogP contribution in [0.4, 0.5) is 17.5 Å². The number of aromatic nitrogens is 3. The van der Waals surface area contributed by atoms with Gasteiger partial charge in [-0.2, -0.15) is 4.98 Å². The van der Waals surface area contributed by atoms with Gasteiger partial charge in [0.2, 0.25) is 11.9 Å². The molecule has 24 heavy (non-hydrogen) atoms. The fourth-order valence-electron chi connectivity index (χ4n) is 2.87. The van der Waals surface area contributed by atoms with Crippen LogP contribution in [0.5, 0.6) is 0 Å². The number of amides is 1. The first-order valence-electron chi connectivity index (χ1n) is 8.33. The molecule has 0 spiro atoms. The van der Waals surface area contributed by atoms with E-state index in [2.05, 4.69) is 20.2 Å². The Hall–Kier alpha value is -2.57.